The lowest BCUT2D eigenvalue weighted by atomic mass is 10.3. The molecule has 1 fully saturated rings. The summed E-state index contributed by atoms with van der Waals surface area (Å²) in [7, 11) is 0. The first-order valence-electron chi connectivity index (χ1n) is 3.01. The molecule has 0 aromatic carbocycles. The first-order valence-corrected chi connectivity index (χ1v) is 3.48. The first kappa shape index (κ1) is 3.36. The van der Waals surface area contributed by atoms with Gasteiger partial charge in [0.1, 0.15) is 0 Å². The Balaban J connectivity index is 2.12. The molecule has 0 radical (unpaired) electrons. The molecule has 6 heavy (non-hydrogen) atoms. The summed E-state index contributed by atoms with van der Waals surface area (Å²) < 4.78 is 7.23. The van der Waals surface area contributed by atoms with Gasteiger partial charge >= 0.3 is 0 Å². The molecule has 1 aliphatic heterocycles. The van der Waals surface area contributed by atoms with Crippen molar-refractivity contribution >= 4 is 11.8 Å². The number of hydrogen-bond donors (Lipinski definition) is 0. The van der Waals surface area contributed by atoms with Crippen LogP contribution in [0.15, 0.2) is 0 Å². The molecule has 0 spiro atoms. The second-order valence-corrected chi connectivity index (χ2v) is 2.61. The van der Waals surface area contributed by atoms with E-state index >= 15 is 0 Å². The van der Waals surface area contributed by atoms with Crippen LogP contribution in [0, 0.1) is 0 Å². The third-order valence-electron chi connectivity index (χ3n) is 0.952. The van der Waals surface area contributed by atoms with Crippen molar-refractivity contribution in [2.75, 3.05) is 11.5 Å². The van der Waals surface area contributed by atoms with E-state index in [2.05, 4.69) is 0 Å². The Morgan fingerprint density at radius 2 is 2.33 bits per heavy atom. The Labute approximate surface area is 44.7 Å². The summed E-state index contributed by atoms with van der Waals surface area (Å²) in [4.78, 5) is 0. The van der Waals surface area contributed by atoms with Gasteiger partial charge in [-0.1, -0.05) is 6.42 Å². The van der Waals surface area contributed by atoms with Gasteiger partial charge in [-0.15, -0.1) is 0 Å². The molecule has 0 aromatic rings. The smallest absolute Gasteiger partial charge is 0.0380 e. The van der Waals surface area contributed by atoms with Crippen molar-refractivity contribution in [3.05, 3.63) is 0 Å². The highest BCUT2D eigenvalue weighted by atomic mass is 32.2. The van der Waals surface area contributed by atoms with Crippen LogP contribution in [0.2, 0.25) is 0 Å². The molecule has 0 aromatic heterocycles. The topological polar surface area (TPSA) is 0 Å². The molecule has 1 atom stereocenters. The molecule has 0 N–H and O–H groups in total. The van der Waals surface area contributed by atoms with E-state index in [1.165, 1.54) is 18.6 Å². The van der Waals surface area contributed by atoms with Gasteiger partial charge in [0.05, 0.1) is 0 Å². The fourth-order valence-electron chi connectivity index (χ4n) is 0.580. The minimum absolute atomic E-state index is 0.203. The van der Waals surface area contributed by atoms with Crippen molar-refractivity contribution in [3.63, 3.8) is 0 Å². The molecule has 1 rings (SSSR count). The van der Waals surface area contributed by atoms with Crippen molar-refractivity contribution in [1.29, 1.82) is 0 Å². The lowest BCUT2D eigenvalue weighted by Crippen LogP contribution is -1.91. The maximum absolute atomic E-state index is 7.23. The predicted octanol–water partition coefficient (Wildman–Crippen LogP) is 1.90. The van der Waals surface area contributed by atoms with Gasteiger partial charge in [-0.25, -0.2) is 0 Å². The quantitative estimate of drug-likeness (QED) is 0.451. The first-order chi connectivity index (χ1) is 3.39. The molecule has 0 aliphatic carbocycles. The van der Waals surface area contributed by atoms with Crippen LogP contribution >= 0.6 is 11.8 Å². The molecule has 1 heteroatoms. The monoisotopic (exact) mass is 103 g/mol. The summed E-state index contributed by atoms with van der Waals surface area (Å²) >= 11 is 1.78. The van der Waals surface area contributed by atoms with Crippen molar-refractivity contribution in [3.8, 4) is 0 Å². The maximum atomic E-state index is 7.23. The van der Waals surface area contributed by atoms with Gasteiger partial charge in [-0.2, -0.15) is 11.8 Å². The Hall–Kier alpha value is 0.350. The van der Waals surface area contributed by atoms with Crippen molar-refractivity contribution < 1.29 is 1.37 Å². The summed E-state index contributed by atoms with van der Waals surface area (Å²) in [5.74, 6) is 1.22. The summed E-state index contributed by atoms with van der Waals surface area (Å²) in [6.45, 7) is 0. The molecule has 1 unspecified atom stereocenters. The van der Waals surface area contributed by atoms with Gasteiger partial charge in [0.25, 0.3) is 0 Å². The summed E-state index contributed by atoms with van der Waals surface area (Å²) in [6.07, 6.45) is 3.73. The molecule has 0 bridgehead atoms. The van der Waals surface area contributed by atoms with Crippen molar-refractivity contribution in [2.45, 2.75) is 19.3 Å². The number of hydrogen-bond acceptors (Lipinski definition) is 1. The van der Waals surface area contributed by atoms with E-state index in [4.69, 9.17) is 1.37 Å². The average Bonchev–Trinajstić information content (AvgIpc) is 1.69. The zero-order valence-corrected chi connectivity index (χ0v) is 4.63. The van der Waals surface area contributed by atoms with Gasteiger partial charge in [0, 0.05) is 1.37 Å². The van der Waals surface area contributed by atoms with Crippen LogP contribution in [-0.4, -0.2) is 11.5 Å². The molecular formula is C5H10S. The fraction of sp³-hybridized carbons (Fsp3) is 1.00. The molecule has 0 saturated carbocycles. The normalized spacial score (nSPS) is 38.7. The van der Waals surface area contributed by atoms with Crippen LogP contribution < -0.4 is 0 Å². The lowest BCUT2D eigenvalue weighted by molar-refractivity contribution is 0.764. The van der Waals surface area contributed by atoms with Gasteiger partial charge in [0.15, 0.2) is 0 Å². The van der Waals surface area contributed by atoms with E-state index in [1.54, 1.807) is 11.8 Å². The average molecular weight is 103 g/mol. The zero-order valence-electron chi connectivity index (χ0n) is 4.81. The minimum Gasteiger partial charge on any atom is -0.162 e. The van der Waals surface area contributed by atoms with Gasteiger partial charge in [-0.05, 0) is 24.3 Å². The fourth-order valence-corrected chi connectivity index (χ4v) is 1.45. The third kappa shape index (κ3) is 1.21. The highest BCUT2D eigenvalue weighted by molar-refractivity contribution is 7.99. The molecule has 1 heterocycles. The zero-order chi connectivity index (χ0) is 5.11. The highest BCUT2D eigenvalue weighted by Crippen LogP contribution is 2.14. The second-order valence-electron chi connectivity index (χ2n) is 1.53. The van der Waals surface area contributed by atoms with Crippen LogP contribution in [0.4, 0.5) is 0 Å². The summed E-state index contributed by atoms with van der Waals surface area (Å²) in [5.41, 5.74) is 0.203. The predicted molar refractivity (Wildman–Crippen MR) is 31.2 cm³/mol. The van der Waals surface area contributed by atoms with E-state index in [-0.39, 0.29) is 5.73 Å². The molecule has 36 valence electrons. The Kier molecular flexibility index (Phi) is 1.41. The lowest BCUT2D eigenvalue weighted by Gasteiger charge is -2.05. The second kappa shape index (κ2) is 2.51. The van der Waals surface area contributed by atoms with E-state index in [0.29, 0.717) is 0 Å². The molecule has 0 nitrogen and oxygen atoms in total. The van der Waals surface area contributed by atoms with Crippen molar-refractivity contribution in [1.82, 2.24) is 0 Å². The van der Waals surface area contributed by atoms with Gasteiger partial charge < -0.3 is 0 Å². The van der Waals surface area contributed by atoms with Crippen LogP contribution in [0.25, 0.3) is 0 Å². The van der Waals surface area contributed by atoms with Gasteiger partial charge in [-0.3, -0.25) is 0 Å². The minimum atomic E-state index is 0.203. The van der Waals surface area contributed by atoms with Crippen LogP contribution in [0.1, 0.15) is 20.6 Å². The van der Waals surface area contributed by atoms with E-state index < -0.39 is 0 Å². The molecular weight excluding hydrogens is 92.1 g/mol. The standard InChI is InChI=1S/C5H10S/c1-2-4-6-5-3-1/h1-5H2/i4D. The Bertz CT molecular complexity index is 50.0. The number of thioether (sulfide) groups is 1. The van der Waals surface area contributed by atoms with Crippen LogP contribution in [0.5, 0.6) is 0 Å². The van der Waals surface area contributed by atoms with E-state index in [1.807, 2.05) is 0 Å². The van der Waals surface area contributed by atoms with Gasteiger partial charge in [0.2, 0.25) is 0 Å². The Morgan fingerprint density at radius 3 is 2.67 bits per heavy atom. The Morgan fingerprint density at radius 1 is 1.33 bits per heavy atom. The third-order valence-corrected chi connectivity index (χ3v) is 1.95. The van der Waals surface area contributed by atoms with E-state index in [0.717, 1.165) is 6.42 Å². The summed E-state index contributed by atoms with van der Waals surface area (Å²) in [6, 6.07) is 0. The van der Waals surface area contributed by atoms with E-state index in [9.17, 15) is 0 Å². The maximum Gasteiger partial charge on any atom is 0.0380 e. The number of rotatable bonds is 0. The molecule has 1 saturated heterocycles. The van der Waals surface area contributed by atoms with Crippen LogP contribution in [-0.2, 0) is 0 Å². The molecule has 0 amide bonds. The SMILES string of the molecule is [2H]C1CCCCS1. The largest absolute Gasteiger partial charge is 0.162 e. The molecule has 1 aliphatic rings. The highest BCUT2D eigenvalue weighted by Gasteiger charge is 1.95. The summed E-state index contributed by atoms with van der Waals surface area (Å²) in [5, 5.41) is 0. The van der Waals surface area contributed by atoms with Crippen LogP contribution in [0.3, 0.4) is 0 Å². The van der Waals surface area contributed by atoms with Crippen molar-refractivity contribution in [2.24, 2.45) is 0 Å².